The minimum absolute atomic E-state index is 0.0603. The summed E-state index contributed by atoms with van der Waals surface area (Å²) in [6.45, 7) is 0. The Kier molecular flexibility index (Phi) is 5.86. The summed E-state index contributed by atoms with van der Waals surface area (Å²) in [6, 6.07) is -0.675. The zero-order valence-electron chi connectivity index (χ0n) is 12.3. The van der Waals surface area contributed by atoms with E-state index in [4.69, 9.17) is 0 Å². The fourth-order valence-electron chi connectivity index (χ4n) is 3.73. The van der Waals surface area contributed by atoms with E-state index in [0.29, 0.717) is 12.3 Å². The number of carboxylic acids is 1. The van der Waals surface area contributed by atoms with Gasteiger partial charge < -0.3 is 10.4 Å². The first-order chi connectivity index (χ1) is 9.66. The number of carbonyl (C=O) groups excluding carboxylic acids is 1. The molecule has 0 heterocycles. The van der Waals surface area contributed by atoms with E-state index in [1.54, 1.807) is 0 Å². The largest absolute Gasteiger partial charge is 0.480 e. The van der Waals surface area contributed by atoms with Crippen LogP contribution in [0.15, 0.2) is 0 Å². The van der Waals surface area contributed by atoms with E-state index in [9.17, 15) is 14.7 Å². The molecule has 2 fully saturated rings. The molecule has 1 amide bonds. The normalized spacial score (nSPS) is 23.2. The van der Waals surface area contributed by atoms with Crippen molar-refractivity contribution in [2.75, 3.05) is 0 Å². The van der Waals surface area contributed by atoms with Crippen molar-refractivity contribution in [2.45, 2.75) is 76.7 Å². The van der Waals surface area contributed by atoms with Crippen LogP contribution in [-0.4, -0.2) is 23.0 Å². The molecule has 0 aromatic carbocycles. The molecule has 2 aliphatic rings. The van der Waals surface area contributed by atoms with Crippen molar-refractivity contribution in [2.24, 2.45) is 11.8 Å². The van der Waals surface area contributed by atoms with Crippen molar-refractivity contribution in [3.05, 3.63) is 0 Å². The van der Waals surface area contributed by atoms with Crippen LogP contribution in [0.25, 0.3) is 0 Å². The summed E-state index contributed by atoms with van der Waals surface area (Å²) >= 11 is 0. The summed E-state index contributed by atoms with van der Waals surface area (Å²) in [6.07, 6.45) is 11.7. The standard InChI is InChI=1S/C16H27NO3/c18-14(11-12-7-3-1-4-8-12)17-15(16(19)20)13-9-5-2-6-10-13/h12-13,15H,1-11H2,(H,17,18)(H,19,20). The number of rotatable bonds is 5. The van der Waals surface area contributed by atoms with Crippen LogP contribution >= 0.6 is 0 Å². The Labute approximate surface area is 121 Å². The molecule has 0 aromatic heterocycles. The second-order valence-corrected chi connectivity index (χ2v) is 6.49. The van der Waals surface area contributed by atoms with Gasteiger partial charge in [-0.3, -0.25) is 4.79 Å². The summed E-state index contributed by atoms with van der Waals surface area (Å²) in [5.74, 6) is -0.343. The Balaban J connectivity index is 1.83. The maximum Gasteiger partial charge on any atom is 0.326 e. The van der Waals surface area contributed by atoms with Gasteiger partial charge in [0.15, 0.2) is 0 Å². The highest BCUT2D eigenvalue weighted by atomic mass is 16.4. The zero-order valence-corrected chi connectivity index (χ0v) is 12.3. The molecule has 1 atom stereocenters. The lowest BCUT2D eigenvalue weighted by Gasteiger charge is -2.29. The molecule has 0 saturated heterocycles. The average Bonchev–Trinajstić information content (AvgIpc) is 2.46. The van der Waals surface area contributed by atoms with Crippen LogP contribution in [0.4, 0.5) is 0 Å². The maximum absolute atomic E-state index is 12.1. The molecular weight excluding hydrogens is 254 g/mol. The van der Waals surface area contributed by atoms with Crippen molar-refractivity contribution in [3.63, 3.8) is 0 Å². The molecule has 20 heavy (non-hydrogen) atoms. The van der Waals surface area contributed by atoms with Gasteiger partial charge in [-0.15, -0.1) is 0 Å². The Hall–Kier alpha value is -1.06. The molecular formula is C16H27NO3. The van der Waals surface area contributed by atoms with Gasteiger partial charge in [-0.05, 0) is 37.5 Å². The molecule has 0 aromatic rings. The van der Waals surface area contributed by atoms with Gasteiger partial charge in [0.05, 0.1) is 0 Å². The van der Waals surface area contributed by atoms with Gasteiger partial charge >= 0.3 is 5.97 Å². The van der Waals surface area contributed by atoms with Crippen LogP contribution in [0.1, 0.15) is 70.6 Å². The average molecular weight is 281 g/mol. The molecule has 2 aliphatic carbocycles. The molecule has 0 aliphatic heterocycles. The lowest BCUT2D eigenvalue weighted by Crippen LogP contribution is -2.47. The van der Waals surface area contributed by atoms with Gasteiger partial charge in [0.25, 0.3) is 0 Å². The number of hydrogen-bond acceptors (Lipinski definition) is 2. The lowest BCUT2D eigenvalue weighted by atomic mass is 9.83. The van der Waals surface area contributed by atoms with E-state index in [1.807, 2.05) is 0 Å². The van der Waals surface area contributed by atoms with Crippen LogP contribution in [0.3, 0.4) is 0 Å². The highest BCUT2D eigenvalue weighted by molar-refractivity contribution is 5.83. The Bertz CT molecular complexity index is 331. The van der Waals surface area contributed by atoms with Crippen molar-refractivity contribution >= 4 is 11.9 Å². The van der Waals surface area contributed by atoms with Crippen molar-refractivity contribution in [1.82, 2.24) is 5.32 Å². The first kappa shape index (κ1) is 15.3. The number of hydrogen-bond donors (Lipinski definition) is 2. The SMILES string of the molecule is O=C(CC1CCCCC1)NC(C(=O)O)C1CCCCC1. The summed E-state index contributed by atoms with van der Waals surface area (Å²) in [7, 11) is 0. The minimum Gasteiger partial charge on any atom is -0.480 e. The molecule has 4 heteroatoms. The zero-order chi connectivity index (χ0) is 14.4. The second kappa shape index (κ2) is 7.65. The number of amides is 1. The summed E-state index contributed by atoms with van der Waals surface area (Å²) in [4.78, 5) is 23.5. The molecule has 1 unspecified atom stereocenters. The third-order valence-corrected chi connectivity index (χ3v) is 4.90. The monoisotopic (exact) mass is 281 g/mol. The molecule has 2 rings (SSSR count). The predicted molar refractivity (Wildman–Crippen MR) is 77.3 cm³/mol. The van der Waals surface area contributed by atoms with Crippen LogP contribution in [0.2, 0.25) is 0 Å². The Morgan fingerprint density at radius 3 is 2.05 bits per heavy atom. The minimum atomic E-state index is -0.867. The Morgan fingerprint density at radius 2 is 1.50 bits per heavy atom. The quantitative estimate of drug-likeness (QED) is 0.813. The van der Waals surface area contributed by atoms with Gasteiger partial charge in [-0.25, -0.2) is 4.79 Å². The number of aliphatic carboxylic acids is 1. The molecule has 2 N–H and O–H groups in total. The van der Waals surface area contributed by atoms with Gasteiger partial charge in [-0.1, -0.05) is 38.5 Å². The van der Waals surface area contributed by atoms with E-state index in [1.165, 1.54) is 25.7 Å². The molecule has 0 spiro atoms. The molecule has 4 nitrogen and oxygen atoms in total. The maximum atomic E-state index is 12.1. The first-order valence-electron chi connectivity index (χ1n) is 8.19. The topological polar surface area (TPSA) is 66.4 Å². The molecule has 2 saturated carbocycles. The van der Waals surface area contributed by atoms with Crippen molar-refractivity contribution in [1.29, 1.82) is 0 Å². The van der Waals surface area contributed by atoms with E-state index >= 15 is 0 Å². The Morgan fingerprint density at radius 1 is 0.950 bits per heavy atom. The van der Waals surface area contributed by atoms with E-state index in [-0.39, 0.29) is 11.8 Å². The fraction of sp³-hybridized carbons (Fsp3) is 0.875. The van der Waals surface area contributed by atoms with Crippen LogP contribution in [0, 0.1) is 11.8 Å². The van der Waals surface area contributed by atoms with Crippen molar-refractivity contribution in [3.8, 4) is 0 Å². The fourth-order valence-corrected chi connectivity index (χ4v) is 3.73. The second-order valence-electron chi connectivity index (χ2n) is 6.49. The third-order valence-electron chi connectivity index (χ3n) is 4.90. The van der Waals surface area contributed by atoms with E-state index in [0.717, 1.165) is 38.5 Å². The van der Waals surface area contributed by atoms with Gasteiger partial charge in [0, 0.05) is 6.42 Å². The van der Waals surface area contributed by atoms with Gasteiger partial charge in [0.1, 0.15) is 6.04 Å². The predicted octanol–water partition coefficient (Wildman–Crippen LogP) is 3.11. The highest BCUT2D eigenvalue weighted by Gasteiger charge is 2.31. The third kappa shape index (κ3) is 4.50. The van der Waals surface area contributed by atoms with Crippen LogP contribution in [0.5, 0.6) is 0 Å². The van der Waals surface area contributed by atoms with E-state index < -0.39 is 12.0 Å². The highest BCUT2D eigenvalue weighted by Crippen LogP contribution is 2.28. The van der Waals surface area contributed by atoms with Gasteiger partial charge in [0.2, 0.25) is 5.91 Å². The molecule has 0 bridgehead atoms. The van der Waals surface area contributed by atoms with Crippen molar-refractivity contribution < 1.29 is 14.7 Å². The van der Waals surface area contributed by atoms with Crippen LogP contribution < -0.4 is 5.32 Å². The number of carbonyl (C=O) groups is 2. The molecule has 114 valence electrons. The number of carboxylic acid groups (broad SMARTS) is 1. The summed E-state index contributed by atoms with van der Waals surface area (Å²) < 4.78 is 0. The van der Waals surface area contributed by atoms with E-state index in [2.05, 4.69) is 5.32 Å². The lowest BCUT2D eigenvalue weighted by molar-refractivity contribution is -0.144. The molecule has 0 radical (unpaired) electrons. The van der Waals surface area contributed by atoms with Gasteiger partial charge in [-0.2, -0.15) is 0 Å². The first-order valence-corrected chi connectivity index (χ1v) is 8.19. The summed E-state index contributed by atoms with van der Waals surface area (Å²) in [5, 5.41) is 12.2. The van der Waals surface area contributed by atoms with Crippen LogP contribution in [-0.2, 0) is 9.59 Å². The summed E-state index contributed by atoms with van der Waals surface area (Å²) in [5.41, 5.74) is 0. The smallest absolute Gasteiger partial charge is 0.326 e. The number of nitrogens with one attached hydrogen (secondary N) is 1.